The first-order chi connectivity index (χ1) is 12.8. The van der Waals surface area contributed by atoms with Crippen molar-refractivity contribution in [3.05, 3.63) is 36.8 Å². The van der Waals surface area contributed by atoms with E-state index in [0.29, 0.717) is 19.3 Å². The molecule has 1 aliphatic heterocycles. The number of hydrogen-bond donors (Lipinski definition) is 0. The van der Waals surface area contributed by atoms with Crippen LogP contribution in [0.3, 0.4) is 0 Å². The van der Waals surface area contributed by atoms with Crippen molar-refractivity contribution in [1.82, 2.24) is 19.7 Å². The summed E-state index contributed by atoms with van der Waals surface area (Å²) in [5.74, 6) is 0.316. The van der Waals surface area contributed by atoms with Crippen LogP contribution in [0.5, 0.6) is 0 Å². The van der Waals surface area contributed by atoms with E-state index in [1.807, 2.05) is 29.1 Å². The third kappa shape index (κ3) is 3.80. The van der Waals surface area contributed by atoms with Crippen molar-refractivity contribution in [3.63, 3.8) is 0 Å². The van der Waals surface area contributed by atoms with E-state index < -0.39 is 0 Å². The Balaban J connectivity index is 1.43. The number of carbonyl (C=O) groups is 1. The molecule has 1 atom stereocenters. The van der Waals surface area contributed by atoms with Gasteiger partial charge in [-0.1, -0.05) is 12.8 Å². The molecule has 0 N–H and O–H groups in total. The number of aromatic nitrogens is 3. The molecule has 2 aliphatic rings. The summed E-state index contributed by atoms with van der Waals surface area (Å²) in [6, 6.07) is 6.32. The molecule has 2 aromatic heterocycles. The molecule has 1 amide bonds. The first-order valence-corrected chi connectivity index (χ1v) is 9.63. The van der Waals surface area contributed by atoms with Gasteiger partial charge in [0.15, 0.2) is 0 Å². The van der Waals surface area contributed by atoms with Crippen molar-refractivity contribution < 1.29 is 9.53 Å². The maximum atomic E-state index is 13.0. The Morgan fingerprint density at radius 3 is 2.73 bits per heavy atom. The number of pyridine rings is 1. The van der Waals surface area contributed by atoms with Gasteiger partial charge in [-0.2, -0.15) is 5.10 Å². The van der Waals surface area contributed by atoms with E-state index >= 15 is 0 Å². The molecule has 0 aromatic carbocycles. The minimum absolute atomic E-state index is 0.0422. The van der Waals surface area contributed by atoms with Gasteiger partial charge in [-0.05, 0) is 37.5 Å². The highest BCUT2D eigenvalue weighted by atomic mass is 16.5. The summed E-state index contributed by atoms with van der Waals surface area (Å²) >= 11 is 0. The number of hydrogen-bond acceptors (Lipinski definition) is 4. The second-order valence-corrected chi connectivity index (χ2v) is 7.23. The van der Waals surface area contributed by atoms with Gasteiger partial charge in [-0.15, -0.1) is 0 Å². The maximum Gasteiger partial charge on any atom is 0.228 e. The van der Waals surface area contributed by atoms with Crippen LogP contribution in [0.25, 0.3) is 11.3 Å². The predicted molar refractivity (Wildman–Crippen MR) is 98.4 cm³/mol. The molecule has 26 heavy (non-hydrogen) atoms. The standard InChI is InChI=1S/C20H26N4O2/c25-20(17-8-14-26-15-17)24(18-3-1-2-4-18)13-12-23-11-7-19(22-23)16-5-9-21-10-6-16/h5-7,9-11,17-18H,1-4,8,12-15H2/t17-/m0/s1. The monoisotopic (exact) mass is 354 g/mol. The Morgan fingerprint density at radius 2 is 2.00 bits per heavy atom. The molecule has 0 spiro atoms. The van der Waals surface area contributed by atoms with Gasteiger partial charge in [0.2, 0.25) is 5.91 Å². The lowest BCUT2D eigenvalue weighted by atomic mass is 10.1. The van der Waals surface area contributed by atoms with Gasteiger partial charge in [0.25, 0.3) is 0 Å². The van der Waals surface area contributed by atoms with Crippen LogP contribution in [0, 0.1) is 5.92 Å². The zero-order valence-electron chi connectivity index (χ0n) is 15.1. The van der Waals surface area contributed by atoms with Crippen LogP contribution in [-0.4, -0.2) is 51.4 Å². The maximum absolute atomic E-state index is 13.0. The number of nitrogens with zero attached hydrogens (tertiary/aromatic N) is 4. The van der Waals surface area contributed by atoms with Gasteiger partial charge >= 0.3 is 0 Å². The molecule has 0 radical (unpaired) electrons. The zero-order valence-corrected chi connectivity index (χ0v) is 15.1. The second kappa shape index (κ2) is 7.99. The fourth-order valence-electron chi connectivity index (χ4n) is 4.03. The summed E-state index contributed by atoms with van der Waals surface area (Å²) in [6.45, 7) is 2.73. The SMILES string of the molecule is O=C([C@H]1CCOC1)N(CCn1ccc(-c2ccncc2)n1)C1CCCC1. The van der Waals surface area contributed by atoms with Gasteiger partial charge in [0.05, 0.1) is 24.8 Å². The smallest absolute Gasteiger partial charge is 0.228 e. The van der Waals surface area contributed by atoms with Crippen molar-refractivity contribution in [2.24, 2.45) is 5.92 Å². The van der Waals surface area contributed by atoms with Crippen LogP contribution in [0.1, 0.15) is 32.1 Å². The summed E-state index contributed by atoms with van der Waals surface area (Å²) in [7, 11) is 0. The van der Waals surface area contributed by atoms with E-state index in [-0.39, 0.29) is 11.8 Å². The largest absolute Gasteiger partial charge is 0.381 e. The highest BCUT2D eigenvalue weighted by Crippen LogP contribution is 2.26. The molecule has 6 nitrogen and oxygen atoms in total. The molecular weight excluding hydrogens is 328 g/mol. The lowest BCUT2D eigenvalue weighted by molar-refractivity contribution is -0.138. The summed E-state index contributed by atoms with van der Waals surface area (Å²) in [5.41, 5.74) is 2.00. The van der Waals surface area contributed by atoms with Crippen LogP contribution in [0.15, 0.2) is 36.8 Å². The highest BCUT2D eigenvalue weighted by molar-refractivity contribution is 5.79. The Morgan fingerprint density at radius 1 is 1.19 bits per heavy atom. The molecule has 1 aliphatic carbocycles. The molecule has 3 heterocycles. The molecule has 1 saturated heterocycles. The van der Waals surface area contributed by atoms with Crippen molar-refractivity contribution in [3.8, 4) is 11.3 Å². The van der Waals surface area contributed by atoms with Crippen LogP contribution in [0.2, 0.25) is 0 Å². The zero-order chi connectivity index (χ0) is 17.8. The highest BCUT2D eigenvalue weighted by Gasteiger charge is 2.33. The lowest BCUT2D eigenvalue weighted by Crippen LogP contribution is -2.44. The van der Waals surface area contributed by atoms with Gasteiger partial charge in [0, 0.05) is 43.3 Å². The third-order valence-corrected chi connectivity index (χ3v) is 5.51. The number of amides is 1. The van der Waals surface area contributed by atoms with Gasteiger partial charge < -0.3 is 9.64 Å². The third-order valence-electron chi connectivity index (χ3n) is 5.51. The molecule has 2 aromatic rings. The summed E-state index contributed by atoms with van der Waals surface area (Å²) in [5, 5.41) is 4.66. The van der Waals surface area contributed by atoms with E-state index in [0.717, 1.165) is 43.6 Å². The van der Waals surface area contributed by atoms with E-state index in [9.17, 15) is 4.79 Å². The Labute approximate surface area is 154 Å². The molecule has 0 bridgehead atoms. The molecule has 6 heteroatoms. The van der Waals surface area contributed by atoms with Crippen LogP contribution >= 0.6 is 0 Å². The molecule has 138 valence electrons. The average molecular weight is 354 g/mol. The van der Waals surface area contributed by atoms with Gasteiger partial charge in [-0.25, -0.2) is 0 Å². The quantitative estimate of drug-likeness (QED) is 0.800. The van der Waals surface area contributed by atoms with Crippen LogP contribution < -0.4 is 0 Å². The average Bonchev–Trinajstić information content (AvgIpc) is 3.44. The molecule has 1 saturated carbocycles. The van der Waals surface area contributed by atoms with E-state index in [1.54, 1.807) is 12.4 Å². The second-order valence-electron chi connectivity index (χ2n) is 7.23. The molecular formula is C20H26N4O2. The fraction of sp³-hybridized carbons (Fsp3) is 0.550. The molecule has 4 rings (SSSR count). The van der Waals surface area contributed by atoms with Gasteiger partial charge in [0.1, 0.15) is 0 Å². The Bertz CT molecular complexity index is 718. The minimum Gasteiger partial charge on any atom is -0.381 e. The summed E-state index contributed by atoms with van der Waals surface area (Å²) in [6.07, 6.45) is 11.1. The number of rotatable bonds is 6. The normalized spacial score (nSPS) is 20.5. The van der Waals surface area contributed by atoms with Crippen molar-refractivity contribution in [1.29, 1.82) is 0 Å². The van der Waals surface area contributed by atoms with E-state index in [2.05, 4.69) is 15.0 Å². The molecule has 2 fully saturated rings. The van der Waals surface area contributed by atoms with Crippen LogP contribution in [-0.2, 0) is 16.1 Å². The predicted octanol–water partition coefficient (Wildman–Crippen LogP) is 2.75. The Kier molecular flexibility index (Phi) is 5.29. The number of carbonyl (C=O) groups excluding carboxylic acids is 1. The Hall–Kier alpha value is -2.21. The topological polar surface area (TPSA) is 60.2 Å². The lowest BCUT2D eigenvalue weighted by Gasteiger charge is -2.31. The first kappa shape index (κ1) is 17.2. The summed E-state index contributed by atoms with van der Waals surface area (Å²) in [4.78, 5) is 19.2. The van der Waals surface area contributed by atoms with Gasteiger partial charge in [-0.3, -0.25) is 14.5 Å². The fourth-order valence-corrected chi connectivity index (χ4v) is 4.03. The van der Waals surface area contributed by atoms with Crippen molar-refractivity contribution in [2.45, 2.75) is 44.7 Å². The van der Waals surface area contributed by atoms with Crippen molar-refractivity contribution in [2.75, 3.05) is 19.8 Å². The van der Waals surface area contributed by atoms with Crippen molar-refractivity contribution >= 4 is 5.91 Å². The van der Waals surface area contributed by atoms with E-state index in [1.165, 1.54) is 12.8 Å². The first-order valence-electron chi connectivity index (χ1n) is 9.63. The molecule has 0 unspecified atom stereocenters. The van der Waals surface area contributed by atoms with E-state index in [4.69, 9.17) is 4.74 Å². The van der Waals surface area contributed by atoms with Crippen LogP contribution in [0.4, 0.5) is 0 Å². The number of ether oxygens (including phenoxy) is 1. The summed E-state index contributed by atoms with van der Waals surface area (Å²) < 4.78 is 7.38. The minimum atomic E-state index is 0.0422.